The van der Waals surface area contributed by atoms with E-state index in [0.29, 0.717) is 18.6 Å². The van der Waals surface area contributed by atoms with Crippen molar-refractivity contribution in [1.82, 2.24) is 0 Å². The van der Waals surface area contributed by atoms with Gasteiger partial charge in [0.2, 0.25) is 0 Å². The van der Waals surface area contributed by atoms with Crippen molar-refractivity contribution in [1.29, 1.82) is 5.26 Å². The average Bonchev–Trinajstić information content (AvgIpc) is 2.31. The minimum Gasteiger partial charge on any atom is -0.300 e. The SMILES string of the molecule is N#C[C@@H](c1ccccc1)[C@H]1CCCC(=O)C1. The fourth-order valence-electron chi connectivity index (χ4n) is 2.45. The normalized spacial score (nSPS) is 22.4. The van der Waals surface area contributed by atoms with E-state index in [0.717, 1.165) is 18.4 Å². The lowest BCUT2D eigenvalue weighted by atomic mass is 9.77. The van der Waals surface area contributed by atoms with E-state index in [-0.39, 0.29) is 11.8 Å². The molecule has 2 rings (SSSR count). The Morgan fingerprint density at radius 3 is 2.69 bits per heavy atom. The maximum Gasteiger partial charge on any atom is 0.133 e. The van der Waals surface area contributed by atoms with Gasteiger partial charge >= 0.3 is 0 Å². The number of carbonyl (C=O) groups is 1. The Hall–Kier alpha value is -1.62. The molecule has 0 aromatic heterocycles. The molecule has 2 nitrogen and oxygen atoms in total. The first-order chi connectivity index (χ1) is 7.81. The Kier molecular flexibility index (Phi) is 3.36. The minimum absolute atomic E-state index is 0.120. The van der Waals surface area contributed by atoms with Gasteiger partial charge in [0.1, 0.15) is 5.78 Å². The summed E-state index contributed by atoms with van der Waals surface area (Å²) < 4.78 is 0. The van der Waals surface area contributed by atoms with Crippen molar-refractivity contribution >= 4 is 5.78 Å². The van der Waals surface area contributed by atoms with Crippen molar-refractivity contribution in [3.63, 3.8) is 0 Å². The van der Waals surface area contributed by atoms with Gasteiger partial charge in [0.25, 0.3) is 0 Å². The number of carbonyl (C=O) groups excluding carboxylic acids is 1. The van der Waals surface area contributed by atoms with Crippen LogP contribution in [-0.4, -0.2) is 5.78 Å². The summed E-state index contributed by atoms with van der Waals surface area (Å²) in [7, 11) is 0. The highest BCUT2D eigenvalue weighted by molar-refractivity contribution is 5.79. The summed E-state index contributed by atoms with van der Waals surface area (Å²) in [6.45, 7) is 0. The quantitative estimate of drug-likeness (QED) is 0.757. The van der Waals surface area contributed by atoms with E-state index in [9.17, 15) is 10.1 Å². The van der Waals surface area contributed by atoms with Gasteiger partial charge < -0.3 is 0 Å². The standard InChI is InChI=1S/C14H15NO/c15-10-14(11-5-2-1-3-6-11)12-7-4-8-13(16)9-12/h1-3,5-6,12,14H,4,7-9H2/t12-,14-/m0/s1. The smallest absolute Gasteiger partial charge is 0.133 e. The van der Waals surface area contributed by atoms with Crippen LogP contribution in [0.4, 0.5) is 0 Å². The molecular weight excluding hydrogens is 198 g/mol. The van der Waals surface area contributed by atoms with E-state index in [1.54, 1.807) is 0 Å². The molecule has 0 bridgehead atoms. The van der Waals surface area contributed by atoms with Gasteiger partial charge in [-0.2, -0.15) is 5.26 Å². The molecule has 1 aromatic rings. The van der Waals surface area contributed by atoms with Gasteiger partial charge in [0.15, 0.2) is 0 Å². The molecule has 1 aliphatic rings. The molecule has 1 aromatic carbocycles. The largest absolute Gasteiger partial charge is 0.300 e. The van der Waals surface area contributed by atoms with E-state index in [4.69, 9.17) is 0 Å². The van der Waals surface area contributed by atoms with Crippen LogP contribution in [0.1, 0.15) is 37.2 Å². The van der Waals surface area contributed by atoms with E-state index in [1.165, 1.54) is 0 Å². The van der Waals surface area contributed by atoms with Gasteiger partial charge in [0.05, 0.1) is 12.0 Å². The molecule has 0 aliphatic heterocycles. The third-order valence-corrected chi connectivity index (χ3v) is 3.29. The maximum absolute atomic E-state index is 11.4. The van der Waals surface area contributed by atoms with Crippen LogP contribution < -0.4 is 0 Å². The lowest BCUT2D eigenvalue weighted by Crippen LogP contribution is -2.20. The zero-order valence-corrected chi connectivity index (χ0v) is 9.23. The van der Waals surface area contributed by atoms with Gasteiger partial charge in [-0.05, 0) is 24.3 Å². The molecule has 0 saturated heterocycles. The van der Waals surface area contributed by atoms with Gasteiger partial charge in [0, 0.05) is 12.8 Å². The summed E-state index contributed by atoms with van der Waals surface area (Å²) in [6.07, 6.45) is 3.21. The summed E-state index contributed by atoms with van der Waals surface area (Å²) in [5, 5.41) is 9.26. The molecule has 0 amide bonds. The Bertz CT molecular complexity index is 404. The Labute approximate surface area is 95.9 Å². The second kappa shape index (κ2) is 4.94. The number of ketones is 1. The van der Waals surface area contributed by atoms with E-state index >= 15 is 0 Å². The van der Waals surface area contributed by atoms with Gasteiger partial charge in [-0.15, -0.1) is 0 Å². The zero-order chi connectivity index (χ0) is 11.4. The molecule has 1 fully saturated rings. The first-order valence-electron chi connectivity index (χ1n) is 5.77. The topological polar surface area (TPSA) is 40.9 Å². The monoisotopic (exact) mass is 213 g/mol. The second-order valence-electron chi connectivity index (χ2n) is 4.41. The lowest BCUT2D eigenvalue weighted by molar-refractivity contribution is -0.121. The molecule has 0 heterocycles. The summed E-state index contributed by atoms with van der Waals surface area (Å²) in [6, 6.07) is 12.2. The summed E-state index contributed by atoms with van der Waals surface area (Å²) in [5.74, 6) is 0.409. The number of rotatable bonds is 2. The van der Waals surface area contributed by atoms with Crippen LogP contribution in [0, 0.1) is 17.2 Å². The van der Waals surface area contributed by atoms with Crippen molar-refractivity contribution < 1.29 is 4.79 Å². The van der Waals surface area contributed by atoms with Crippen molar-refractivity contribution in [2.45, 2.75) is 31.6 Å². The Morgan fingerprint density at radius 1 is 1.31 bits per heavy atom. The molecule has 1 saturated carbocycles. The van der Waals surface area contributed by atoms with E-state index < -0.39 is 0 Å². The van der Waals surface area contributed by atoms with Crippen molar-refractivity contribution in [3.8, 4) is 6.07 Å². The van der Waals surface area contributed by atoms with Crippen LogP contribution in [0.25, 0.3) is 0 Å². The van der Waals surface area contributed by atoms with Crippen LogP contribution in [0.5, 0.6) is 0 Å². The molecule has 2 heteroatoms. The minimum atomic E-state index is -0.120. The first-order valence-corrected chi connectivity index (χ1v) is 5.77. The molecule has 16 heavy (non-hydrogen) atoms. The molecule has 82 valence electrons. The fraction of sp³-hybridized carbons (Fsp3) is 0.429. The molecule has 1 aliphatic carbocycles. The molecule has 2 atom stereocenters. The summed E-state index contributed by atoms with van der Waals surface area (Å²) >= 11 is 0. The van der Waals surface area contributed by atoms with Crippen LogP contribution in [0.3, 0.4) is 0 Å². The van der Waals surface area contributed by atoms with E-state index in [2.05, 4.69) is 6.07 Å². The van der Waals surface area contributed by atoms with Crippen molar-refractivity contribution in [3.05, 3.63) is 35.9 Å². The van der Waals surface area contributed by atoms with E-state index in [1.807, 2.05) is 30.3 Å². The lowest BCUT2D eigenvalue weighted by Gasteiger charge is -2.25. The number of nitriles is 1. The molecule has 0 spiro atoms. The zero-order valence-electron chi connectivity index (χ0n) is 9.23. The average molecular weight is 213 g/mol. The number of hydrogen-bond acceptors (Lipinski definition) is 2. The van der Waals surface area contributed by atoms with Gasteiger partial charge in [-0.1, -0.05) is 30.3 Å². The fourth-order valence-corrected chi connectivity index (χ4v) is 2.45. The van der Waals surface area contributed by atoms with Crippen LogP contribution >= 0.6 is 0 Å². The highest BCUT2D eigenvalue weighted by Gasteiger charge is 2.28. The third kappa shape index (κ3) is 2.30. The summed E-state index contributed by atoms with van der Waals surface area (Å²) in [5.41, 5.74) is 1.05. The number of Topliss-reactive ketones (excluding diaryl/α,β-unsaturated/α-hetero) is 1. The van der Waals surface area contributed by atoms with Crippen LogP contribution in [-0.2, 0) is 4.79 Å². The Morgan fingerprint density at radius 2 is 2.06 bits per heavy atom. The maximum atomic E-state index is 11.4. The van der Waals surface area contributed by atoms with Crippen LogP contribution in [0.15, 0.2) is 30.3 Å². The predicted molar refractivity (Wildman–Crippen MR) is 61.8 cm³/mol. The van der Waals surface area contributed by atoms with Gasteiger partial charge in [-0.3, -0.25) is 4.79 Å². The predicted octanol–water partition coefficient (Wildman–Crippen LogP) is 3.05. The molecule has 0 radical (unpaired) electrons. The van der Waals surface area contributed by atoms with Gasteiger partial charge in [-0.25, -0.2) is 0 Å². The highest BCUT2D eigenvalue weighted by Crippen LogP contribution is 2.34. The molecular formula is C14H15NO. The molecule has 0 N–H and O–H groups in total. The first kappa shape index (κ1) is 10.9. The summed E-state index contributed by atoms with van der Waals surface area (Å²) in [4.78, 5) is 11.4. The highest BCUT2D eigenvalue weighted by atomic mass is 16.1. The van der Waals surface area contributed by atoms with Crippen molar-refractivity contribution in [2.24, 2.45) is 5.92 Å². The number of benzene rings is 1. The Balaban J connectivity index is 2.17. The second-order valence-corrected chi connectivity index (χ2v) is 4.41. The third-order valence-electron chi connectivity index (χ3n) is 3.29. The number of hydrogen-bond donors (Lipinski definition) is 0. The molecule has 0 unspecified atom stereocenters. The number of nitrogens with zero attached hydrogens (tertiary/aromatic N) is 1. The van der Waals surface area contributed by atoms with Crippen LogP contribution in [0.2, 0.25) is 0 Å². The van der Waals surface area contributed by atoms with Crippen molar-refractivity contribution in [2.75, 3.05) is 0 Å².